The first-order valence-corrected chi connectivity index (χ1v) is 8.80. The molecule has 5 N–H and O–H groups in total. The first kappa shape index (κ1) is 24.1. The number of carbonyl (C=O) groups excluding carboxylic acids is 2. The van der Waals surface area contributed by atoms with Gasteiger partial charge in [0.05, 0.1) is 6.20 Å². The molecule has 9 nitrogen and oxygen atoms in total. The summed E-state index contributed by atoms with van der Waals surface area (Å²) >= 11 is 0. The molecule has 2 amide bonds. The van der Waals surface area contributed by atoms with Gasteiger partial charge in [-0.3, -0.25) is 9.59 Å². The van der Waals surface area contributed by atoms with Gasteiger partial charge in [0.25, 0.3) is 0 Å². The summed E-state index contributed by atoms with van der Waals surface area (Å²) in [5.74, 6) is -3.65. The maximum atomic E-state index is 12.0. The zero-order valence-corrected chi connectivity index (χ0v) is 16.2. The van der Waals surface area contributed by atoms with Crippen molar-refractivity contribution in [1.82, 2.24) is 4.98 Å². The molecule has 168 valence electrons. The molecule has 0 unspecified atom stereocenters. The SMILES string of the molecule is NCc1cccc(NC(=O)C(=O)Nc2ccc(-c3cnco3)cc2)c1.O=C(O)C(F)(F)F. The van der Waals surface area contributed by atoms with E-state index >= 15 is 0 Å². The standard InChI is InChI=1S/C18H16N4O3.C2HF3O2/c19-9-12-2-1-3-15(8-12)22-18(24)17(23)21-14-6-4-13(5-7-14)16-10-20-11-25-16;3-2(4,5)1(6)7/h1-8,10-11H,9,19H2,(H,21,23)(H,22,24);(H,6,7). The quantitative estimate of drug-likeness (QED) is 0.447. The Labute approximate surface area is 179 Å². The summed E-state index contributed by atoms with van der Waals surface area (Å²) in [4.78, 5) is 36.7. The van der Waals surface area contributed by atoms with E-state index in [2.05, 4.69) is 15.6 Å². The summed E-state index contributed by atoms with van der Waals surface area (Å²) in [5.41, 5.74) is 8.25. The molecule has 0 fully saturated rings. The van der Waals surface area contributed by atoms with E-state index in [9.17, 15) is 22.8 Å². The Hall–Kier alpha value is -4.19. The van der Waals surface area contributed by atoms with E-state index in [1.54, 1.807) is 48.7 Å². The number of alkyl halides is 3. The van der Waals surface area contributed by atoms with E-state index in [4.69, 9.17) is 20.1 Å². The van der Waals surface area contributed by atoms with E-state index in [1.807, 2.05) is 6.07 Å². The minimum absolute atomic E-state index is 0.355. The van der Waals surface area contributed by atoms with Crippen LogP contribution in [0.4, 0.5) is 24.5 Å². The van der Waals surface area contributed by atoms with Crippen LogP contribution in [0.1, 0.15) is 5.56 Å². The third kappa shape index (κ3) is 7.25. The highest BCUT2D eigenvalue weighted by atomic mass is 19.4. The lowest BCUT2D eigenvalue weighted by atomic mass is 10.1. The van der Waals surface area contributed by atoms with Crippen molar-refractivity contribution < 1.29 is 37.1 Å². The number of carboxylic acid groups (broad SMARTS) is 1. The maximum Gasteiger partial charge on any atom is 0.490 e. The van der Waals surface area contributed by atoms with Crippen molar-refractivity contribution >= 4 is 29.2 Å². The lowest BCUT2D eigenvalue weighted by Gasteiger charge is -2.08. The fraction of sp³-hybridized carbons (Fsp3) is 0.100. The van der Waals surface area contributed by atoms with Crippen LogP contribution in [0, 0.1) is 0 Å². The Morgan fingerprint density at radius 2 is 1.59 bits per heavy atom. The van der Waals surface area contributed by atoms with E-state index < -0.39 is 24.0 Å². The highest BCUT2D eigenvalue weighted by molar-refractivity contribution is 6.43. The number of halogens is 3. The van der Waals surface area contributed by atoms with Crippen molar-refractivity contribution in [2.24, 2.45) is 5.73 Å². The van der Waals surface area contributed by atoms with Gasteiger partial charge in [0.1, 0.15) is 0 Å². The number of nitrogens with two attached hydrogens (primary N) is 1. The molecule has 3 rings (SSSR count). The number of benzene rings is 2. The number of oxazole rings is 1. The molecule has 0 aliphatic carbocycles. The molecule has 0 bridgehead atoms. The van der Waals surface area contributed by atoms with Crippen molar-refractivity contribution in [3.63, 3.8) is 0 Å². The number of carboxylic acids is 1. The largest absolute Gasteiger partial charge is 0.490 e. The van der Waals surface area contributed by atoms with Gasteiger partial charge < -0.3 is 25.9 Å². The summed E-state index contributed by atoms with van der Waals surface area (Å²) in [7, 11) is 0. The van der Waals surface area contributed by atoms with Gasteiger partial charge in [-0.25, -0.2) is 9.78 Å². The van der Waals surface area contributed by atoms with Gasteiger partial charge in [-0.2, -0.15) is 13.2 Å². The summed E-state index contributed by atoms with van der Waals surface area (Å²) < 4.78 is 36.9. The van der Waals surface area contributed by atoms with Crippen molar-refractivity contribution in [3.05, 3.63) is 66.7 Å². The Kier molecular flexibility index (Phi) is 8.07. The molecule has 12 heteroatoms. The fourth-order valence-corrected chi connectivity index (χ4v) is 2.23. The van der Waals surface area contributed by atoms with Crippen molar-refractivity contribution in [2.75, 3.05) is 10.6 Å². The van der Waals surface area contributed by atoms with Crippen LogP contribution in [0.25, 0.3) is 11.3 Å². The molecule has 0 radical (unpaired) electrons. The molecule has 0 saturated carbocycles. The lowest BCUT2D eigenvalue weighted by molar-refractivity contribution is -0.192. The number of aromatic nitrogens is 1. The molecule has 1 aromatic heterocycles. The fourth-order valence-electron chi connectivity index (χ4n) is 2.23. The summed E-state index contributed by atoms with van der Waals surface area (Å²) in [6, 6.07) is 13.9. The molecule has 0 spiro atoms. The van der Waals surface area contributed by atoms with E-state index in [0.29, 0.717) is 23.7 Å². The van der Waals surface area contributed by atoms with Crippen LogP contribution in [0.2, 0.25) is 0 Å². The van der Waals surface area contributed by atoms with Crippen LogP contribution in [-0.4, -0.2) is 34.1 Å². The predicted molar refractivity (Wildman–Crippen MR) is 107 cm³/mol. The van der Waals surface area contributed by atoms with Crippen molar-refractivity contribution in [1.29, 1.82) is 0 Å². The number of anilines is 2. The molecule has 0 atom stereocenters. The number of hydrogen-bond acceptors (Lipinski definition) is 6. The van der Waals surface area contributed by atoms with Crippen molar-refractivity contribution in [3.8, 4) is 11.3 Å². The topological polar surface area (TPSA) is 148 Å². The summed E-state index contributed by atoms with van der Waals surface area (Å²) in [6.45, 7) is 0.355. The first-order valence-electron chi connectivity index (χ1n) is 8.80. The van der Waals surface area contributed by atoms with Gasteiger partial charge in [0.2, 0.25) is 0 Å². The number of rotatable bonds is 4. The van der Waals surface area contributed by atoms with Gasteiger partial charge in [-0.15, -0.1) is 0 Å². The number of amides is 2. The minimum atomic E-state index is -5.08. The molecular formula is C20H17F3N4O5. The van der Waals surface area contributed by atoms with Gasteiger partial charge in [-0.05, 0) is 42.0 Å². The average molecular weight is 450 g/mol. The molecule has 32 heavy (non-hydrogen) atoms. The normalized spacial score (nSPS) is 10.5. The Morgan fingerprint density at radius 3 is 2.09 bits per heavy atom. The van der Waals surface area contributed by atoms with E-state index in [0.717, 1.165) is 11.1 Å². The molecular weight excluding hydrogens is 433 g/mol. The molecule has 2 aromatic carbocycles. The molecule has 1 heterocycles. The number of aliphatic carboxylic acids is 1. The predicted octanol–water partition coefficient (Wildman–Crippen LogP) is 3.01. The number of carbonyl (C=O) groups is 3. The maximum absolute atomic E-state index is 12.0. The second-order valence-corrected chi connectivity index (χ2v) is 6.06. The Morgan fingerprint density at radius 1 is 1.00 bits per heavy atom. The highest BCUT2D eigenvalue weighted by Crippen LogP contribution is 2.20. The summed E-state index contributed by atoms with van der Waals surface area (Å²) in [6.07, 6.45) is -2.15. The Bertz CT molecular complexity index is 1070. The lowest BCUT2D eigenvalue weighted by Crippen LogP contribution is -2.29. The van der Waals surface area contributed by atoms with Crippen LogP contribution < -0.4 is 16.4 Å². The number of nitrogens with one attached hydrogen (secondary N) is 2. The minimum Gasteiger partial charge on any atom is -0.475 e. The average Bonchev–Trinajstić information content (AvgIpc) is 3.29. The third-order valence-electron chi connectivity index (χ3n) is 3.73. The number of hydrogen-bond donors (Lipinski definition) is 4. The van der Waals surface area contributed by atoms with Crippen LogP contribution in [0.15, 0.2) is 65.5 Å². The second kappa shape index (κ2) is 10.7. The van der Waals surface area contributed by atoms with Crippen molar-refractivity contribution in [2.45, 2.75) is 12.7 Å². The molecule has 3 aromatic rings. The van der Waals surface area contributed by atoms with E-state index in [1.165, 1.54) is 6.39 Å². The van der Waals surface area contributed by atoms with E-state index in [-0.39, 0.29) is 0 Å². The zero-order chi connectivity index (χ0) is 23.7. The second-order valence-electron chi connectivity index (χ2n) is 6.06. The van der Waals surface area contributed by atoms with Crippen LogP contribution in [-0.2, 0) is 20.9 Å². The van der Waals surface area contributed by atoms with Crippen LogP contribution in [0.3, 0.4) is 0 Å². The van der Waals surface area contributed by atoms with Crippen LogP contribution in [0.5, 0.6) is 0 Å². The van der Waals surface area contributed by atoms with Gasteiger partial charge in [0, 0.05) is 23.5 Å². The third-order valence-corrected chi connectivity index (χ3v) is 3.73. The number of nitrogens with zero attached hydrogens (tertiary/aromatic N) is 1. The van der Waals surface area contributed by atoms with Crippen LogP contribution >= 0.6 is 0 Å². The van der Waals surface area contributed by atoms with Gasteiger partial charge in [0.15, 0.2) is 12.2 Å². The van der Waals surface area contributed by atoms with Gasteiger partial charge in [-0.1, -0.05) is 12.1 Å². The molecule has 0 saturated heterocycles. The molecule has 0 aliphatic heterocycles. The monoisotopic (exact) mass is 450 g/mol. The molecule has 0 aliphatic rings. The smallest absolute Gasteiger partial charge is 0.475 e. The summed E-state index contributed by atoms with van der Waals surface area (Å²) in [5, 5.41) is 12.2. The van der Waals surface area contributed by atoms with Gasteiger partial charge >= 0.3 is 24.0 Å². The highest BCUT2D eigenvalue weighted by Gasteiger charge is 2.38. The first-order chi connectivity index (χ1) is 15.1. The Balaban J connectivity index is 0.000000451. The zero-order valence-electron chi connectivity index (χ0n) is 16.2.